The molecule has 0 aliphatic heterocycles. The number of halogens is 2. The molecule has 4 nitrogen and oxygen atoms in total. The number of benzene rings is 2. The van der Waals surface area contributed by atoms with Gasteiger partial charge in [-0.2, -0.15) is 0 Å². The van der Waals surface area contributed by atoms with Gasteiger partial charge >= 0.3 is 0 Å². The lowest BCUT2D eigenvalue weighted by atomic mass is 10.3. The maximum Gasteiger partial charge on any atom is 0.234 e. The zero-order valence-corrected chi connectivity index (χ0v) is 15.2. The van der Waals surface area contributed by atoms with Crippen LogP contribution in [0.25, 0.3) is 0 Å². The Bertz CT molecular complexity index is 695. The lowest BCUT2D eigenvalue weighted by Crippen LogP contribution is -2.18. The van der Waals surface area contributed by atoms with E-state index in [1.165, 1.54) is 11.8 Å². The van der Waals surface area contributed by atoms with Crippen molar-refractivity contribution >= 4 is 62.5 Å². The average molecular weight is 414 g/mol. The number of anilines is 2. The van der Waals surface area contributed by atoms with Crippen molar-refractivity contribution in [1.82, 2.24) is 0 Å². The molecule has 0 unspecified atom stereocenters. The lowest BCUT2D eigenvalue weighted by Gasteiger charge is -2.06. The molecule has 0 aromatic heterocycles. The Morgan fingerprint density at radius 3 is 2.17 bits per heavy atom. The standard InChI is InChI=1S/C16H14BrClN2O2S/c17-11-2-1-3-14(8-11)20-16(22)10-23-9-15(21)19-13-6-4-12(18)5-7-13/h1-8H,9-10H2,(H,19,21)(H,20,22). The molecule has 2 rings (SSSR count). The van der Waals surface area contributed by atoms with E-state index in [4.69, 9.17) is 11.6 Å². The highest BCUT2D eigenvalue weighted by Gasteiger charge is 2.07. The summed E-state index contributed by atoms with van der Waals surface area (Å²) in [6.07, 6.45) is 0. The molecule has 2 amide bonds. The molecule has 0 spiro atoms. The van der Waals surface area contributed by atoms with Gasteiger partial charge in [0.05, 0.1) is 11.5 Å². The Kier molecular flexibility index (Phi) is 6.95. The molecule has 120 valence electrons. The molecule has 0 aliphatic carbocycles. The van der Waals surface area contributed by atoms with E-state index >= 15 is 0 Å². The Morgan fingerprint density at radius 1 is 0.957 bits per heavy atom. The Labute approximate surface area is 152 Å². The van der Waals surface area contributed by atoms with Gasteiger partial charge in [0.25, 0.3) is 0 Å². The zero-order valence-electron chi connectivity index (χ0n) is 12.0. The summed E-state index contributed by atoms with van der Waals surface area (Å²) in [5.74, 6) is 0.106. The number of thioether (sulfide) groups is 1. The number of hydrogen-bond donors (Lipinski definition) is 2. The number of carbonyl (C=O) groups is 2. The predicted molar refractivity (Wildman–Crippen MR) is 100 cm³/mol. The highest BCUT2D eigenvalue weighted by atomic mass is 79.9. The van der Waals surface area contributed by atoms with Gasteiger partial charge in [0.1, 0.15) is 0 Å². The highest BCUT2D eigenvalue weighted by molar-refractivity contribution is 9.10. The Balaban J connectivity index is 1.70. The van der Waals surface area contributed by atoms with E-state index in [-0.39, 0.29) is 23.3 Å². The van der Waals surface area contributed by atoms with Crippen LogP contribution in [0.2, 0.25) is 5.02 Å². The summed E-state index contributed by atoms with van der Waals surface area (Å²) in [6.45, 7) is 0. The number of amides is 2. The van der Waals surface area contributed by atoms with Crippen LogP contribution in [0.15, 0.2) is 53.0 Å². The monoisotopic (exact) mass is 412 g/mol. The fourth-order valence-corrected chi connectivity index (χ4v) is 2.87. The first kappa shape index (κ1) is 17.8. The normalized spacial score (nSPS) is 10.2. The molecule has 7 heteroatoms. The van der Waals surface area contributed by atoms with Crippen molar-refractivity contribution in [1.29, 1.82) is 0 Å². The van der Waals surface area contributed by atoms with Gasteiger partial charge in [-0.15, -0.1) is 11.8 Å². The zero-order chi connectivity index (χ0) is 16.7. The largest absolute Gasteiger partial charge is 0.325 e. The van der Waals surface area contributed by atoms with Gasteiger partial charge in [-0.05, 0) is 42.5 Å². The Morgan fingerprint density at radius 2 is 1.57 bits per heavy atom. The first-order chi connectivity index (χ1) is 11.0. The molecular weight excluding hydrogens is 400 g/mol. The van der Waals surface area contributed by atoms with E-state index in [9.17, 15) is 9.59 Å². The van der Waals surface area contributed by atoms with Crippen LogP contribution in [-0.4, -0.2) is 23.3 Å². The molecule has 0 aliphatic rings. The molecule has 0 heterocycles. The van der Waals surface area contributed by atoms with Crippen LogP contribution in [0, 0.1) is 0 Å². The van der Waals surface area contributed by atoms with E-state index in [0.717, 1.165) is 10.2 Å². The summed E-state index contributed by atoms with van der Waals surface area (Å²) >= 11 is 10.4. The molecule has 0 fully saturated rings. The van der Waals surface area contributed by atoms with Crippen molar-refractivity contribution in [2.45, 2.75) is 0 Å². The van der Waals surface area contributed by atoms with Crippen molar-refractivity contribution in [2.75, 3.05) is 22.1 Å². The van der Waals surface area contributed by atoms with Crippen LogP contribution in [0.5, 0.6) is 0 Å². The molecule has 2 aromatic carbocycles. The summed E-state index contributed by atoms with van der Waals surface area (Å²) < 4.78 is 0.894. The van der Waals surface area contributed by atoms with Crippen LogP contribution in [0.1, 0.15) is 0 Å². The molecular formula is C16H14BrClN2O2S. The molecule has 0 saturated carbocycles. The van der Waals surface area contributed by atoms with Crippen molar-refractivity contribution in [3.05, 3.63) is 58.0 Å². The maximum absolute atomic E-state index is 11.8. The minimum atomic E-state index is -0.160. The predicted octanol–water partition coefficient (Wildman–Crippen LogP) is 4.41. The number of carbonyl (C=O) groups excluding carboxylic acids is 2. The van der Waals surface area contributed by atoms with Gasteiger partial charge in [-0.25, -0.2) is 0 Å². The molecule has 23 heavy (non-hydrogen) atoms. The smallest absolute Gasteiger partial charge is 0.234 e. The first-order valence-corrected chi connectivity index (χ1v) is 9.04. The van der Waals surface area contributed by atoms with E-state index in [1.807, 2.05) is 18.2 Å². The summed E-state index contributed by atoms with van der Waals surface area (Å²) in [7, 11) is 0. The average Bonchev–Trinajstić information content (AvgIpc) is 2.49. The molecule has 0 saturated heterocycles. The van der Waals surface area contributed by atoms with Gasteiger partial charge in [-0.3, -0.25) is 9.59 Å². The highest BCUT2D eigenvalue weighted by Crippen LogP contribution is 2.16. The number of nitrogens with one attached hydrogen (secondary N) is 2. The summed E-state index contributed by atoms with van der Waals surface area (Å²) in [5, 5.41) is 6.13. The van der Waals surface area contributed by atoms with E-state index in [0.29, 0.717) is 10.7 Å². The van der Waals surface area contributed by atoms with Crippen molar-refractivity contribution in [3.63, 3.8) is 0 Å². The van der Waals surface area contributed by atoms with E-state index in [2.05, 4.69) is 26.6 Å². The van der Waals surface area contributed by atoms with Crippen LogP contribution >= 0.6 is 39.3 Å². The third-order valence-corrected chi connectivity index (χ3v) is 4.38. The minimum Gasteiger partial charge on any atom is -0.325 e. The molecule has 0 bridgehead atoms. The molecule has 2 aromatic rings. The van der Waals surface area contributed by atoms with Gasteiger partial charge in [-0.1, -0.05) is 33.6 Å². The summed E-state index contributed by atoms with van der Waals surface area (Å²) in [6, 6.07) is 14.2. The van der Waals surface area contributed by atoms with Gasteiger partial charge in [0.2, 0.25) is 11.8 Å². The van der Waals surface area contributed by atoms with Crippen LogP contribution in [-0.2, 0) is 9.59 Å². The van der Waals surface area contributed by atoms with Crippen molar-refractivity contribution < 1.29 is 9.59 Å². The Hall–Kier alpha value is -1.50. The lowest BCUT2D eigenvalue weighted by molar-refractivity contribution is -0.114. The van der Waals surface area contributed by atoms with Crippen LogP contribution in [0.3, 0.4) is 0 Å². The third-order valence-electron chi connectivity index (χ3n) is 2.70. The van der Waals surface area contributed by atoms with Gasteiger partial charge in [0, 0.05) is 20.9 Å². The van der Waals surface area contributed by atoms with Crippen LogP contribution < -0.4 is 10.6 Å². The second kappa shape index (κ2) is 8.96. The van der Waals surface area contributed by atoms with E-state index in [1.54, 1.807) is 30.3 Å². The summed E-state index contributed by atoms with van der Waals surface area (Å²) in [4.78, 5) is 23.6. The van der Waals surface area contributed by atoms with Crippen molar-refractivity contribution in [2.24, 2.45) is 0 Å². The number of rotatable bonds is 6. The fourth-order valence-electron chi connectivity index (χ4n) is 1.73. The summed E-state index contributed by atoms with van der Waals surface area (Å²) in [5.41, 5.74) is 1.40. The topological polar surface area (TPSA) is 58.2 Å². The fraction of sp³-hybridized carbons (Fsp3) is 0.125. The minimum absolute atomic E-state index is 0.146. The molecule has 2 N–H and O–H groups in total. The maximum atomic E-state index is 11.8. The molecule has 0 radical (unpaired) electrons. The third kappa shape index (κ3) is 6.64. The molecule has 0 atom stereocenters. The number of hydrogen-bond acceptors (Lipinski definition) is 3. The van der Waals surface area contributed by atoms with Gasteiger partial charge in [0.15, 0.2) is 0 Å². The van der Waals surface area contributed by atoms with Crippen LogP contribution in [0.4, 0.5) is 11.4 Å². The SMILES string of the molecule is O=C(CSCC(=O)Nc1cccc(Br)c1)Nc1ccc(Cl)cc1. The second-order valence-electron chi connectivity index (χ2n) is 4.61. The van der Waals surface area contributed by atoms with Gasteiger partial charge < -0.3 is 10.6 Å². The van der Waals surface area contributed by atoms with E-state index < -0.39 is 0 Å². The second-order valence-corrected chi connectivity index (χ2v) is 6.94. The first-order valence-electron chi connectivity index (χ1n) is 6.71. The van der Waals surface area contributed by atoms with Crippen molar-refractivity contribution in [3.8, 4) is 0 Å². The quantitative estimate of drug-likeness (QED) is 0.737.